The van der Waals surface area contributed by atoms with Gasteiger partial charge in [-0.05, 0) is 24.7 Å². The largest absolute Gasteiger partial charge is 0.496 e. The Kier molecular flexibility index (Phi) is 5.67. The number of anilines is 1. The second-order valence-corrected chi connectivity index (χ2v) is 6.78. The number of fused-ring (bicyclic) bond motifs is 1. The van der Waals surface area contributed by atoms with Crippen LogP contribution in [0.15, 0.2) is 65.4 Å². The van der Waals surface area contributed by atoms with E-state index < -0.39 is 0 Å². The van der Waals surface area contributed by atoms with Gasteiger partial charge in [-0.1, -0.05) is 47.6 Å². The number of nitrogens with one attached hydrogen (secondary N) is 1. The molecule has 0 amide bonds. The summed E-state index contributed by atoms with van der Waals surface area (Å²) in [4.78, 5) is 10.9. The van der Waals surface area contributed by atoms with E-state index in [0.29, 0.717) is 17.2 Å². The lowest BCUT2D eigenvalue weighted by molar-refractivity contribution is 0.340. The number of nitrogens with zero attached hydrogens (tertiary/aromatic N) is 4. The van der Waals surface area contributed by atoms with Gasteiger partial charge in [-0.3, -0.25) is 0 Å². The summed E-state index contributed by atoms with van der Waals surface area (Å²) < 4.78 is 10.9. The Morgan fingerprint density at radius 2 is 1.83 bits per heavy atom. The summed E-state index contributed by atoms with van der Waals surface area (Å²) in [6.07, 6.45) is 1.48. The van der Waals surface area contributed by atoms with Crippen LogP contribution in [0.25, 0.3) is 22.4 Å². The van der Waals surface area contributed by atoms with E-state index >= 15 is 0 Å². The molecule has 0 saturated heterocycles. The molecule has 2 heterocycles. The van der Waals surface area contributed by atoms with Crippen LogP contribution < -0.4 is 10.1 Å². The maximum Gasteiger partial charge on any atom is 0.263 e. The van der Waals surface area contributed by atoms with Crippen LogP contribution in [0.5, 0.6) is 5.75 Å². The van der Waals surface area contributed by atoms with Crippen LogP contribution in [0.4, 0.5) is 5.82 Å². The Morgan fingerprint density at radius 3 is 2.66 bits per heavy atom. The summed E-state index contributed by atoms with van der Waals surface area (Å²) in [5, 5.41) is 8.38. The van der Waals surface area contributed by atoms with Gasteiger partial charge < -0.3 is 19.5 Å². The highest BCUT2D eigenvalue weighted by molar-refractivity contribution is 5.98. The Bertz CT molecular complexity index is 1080. The molecule has 0 bridgehead atoms. The quantitative estimate of drug-likeness (QED) is 0.491. The SMILES string of the molecule is COc1ccccc1-c1noc2ncnc(NCCN(C)Cc3ccccc3)c12. The number of likely N-dealkylation sites (N-methyl/N-ethyl adjacent to an activating group) is 1. The number of aromatic nitrogens is 3. The fourth-order valence-corrected chi connectivity index (χ4v) is 3.28. The van der Waals surface area contributed by atoms with Gasteiger partial charge in [-0.2, -0.15) is 4.98 Å². The van der Waals surface area contributed by atoms with Gasteiger partial charge in [0.1, 0.15) is 29.0 Å². The van der Waals surface area contributed by atoms with Crippen molar-refractivity contribution in [3.05, 3.63) is 66.5 Å². The molecule has 7 nitrogen and oxygen atoms in total. The molecular formula is C22H23N5O2. The van der Waals surface area contributed by atoms with Crippen molar-refractivity contribution >= 4 is 16.9 Å². The Labute approximate surface area is 169 Å². The number of methoxy groups -OCH3 is 1. The summed E-state index contributed by atoms with van der Waals surface area (Å²) in [6.45, 7) is 2.48. The first kappa shape index (κ1) is 18.9. The van der Waals surface area contributed by atoms with Crippen LogP contribution in [0.3, 0.4) is 0 Å². The predicted octanol–water partition coefficient (Wildman–Crippen LogP) is 3.84. The van der Waals surface area contributed by atoms with Crippen molar-refractivity contribution in [2.45, 2.75) is 6.54 Å². The van der Waals surface area contributed by atoms with E-state index in [1.807, 2.05) is 30.3 Å². The molecule has 0 aliphatic heterocycles. The highest BCUT2D eigenvalue weighted by atomic mass is 16.5. The fourth-order valence-electron chi connectivity index (χ4n) is 3.28. The smallest absolute Gasteiger partial charge is 0.263 e. The standard InChI is InChI=1S/C22H23N5O2/c1-27(14-16-8-4-3-5-9-16)13-12-23-21-19-20(26-29-22(19)25-15-24-21)17-10-6-7-11-18(17)28-2/h3-11,15H,12-14H2,1-2H3,(H,23,24,25). The summed E-state index contributed by atoms with van der Waals surface area (Å²) in [5.41, 5.74) is 3.24. The maximum absolute atomic E-state index is 5.48. The minimum atomic E-state index is 0.445. The van der Waals surface area contributed by atoms with Crippen molar-refractivity contribution in [1.29, 1.82) is 0 Å². The third-order valence-electron chi connectivity index (χ3n) is 4.72. The second kappa shape index (κ2) is 8.70. The van der Waals surface area contributed by atoms with E-state index in [2.05, 4.69) is 56.7 Å². The molecule has 4 rings (SSSR count). The zero-order valence-corrected chi connectivity index (χ0v) is 16.5. The zero-order chi connectivity index (χ0) is 20.1. The van der Waals surface area contributed by atoms with Crippen molar-refractivity contribution < 1.29 is 9.26 Å². The van der Waals surface area contributed by atoms with Crippen molar-refractivity contribution in [3.63, 3.8) is 0 Å². The topological polar surface area (TPSA) is 76.3 Å². The number of ether oxygens (including phenoxy) is 1. The molecule has 0 unspecified atom stereocenters. The number of hydrogen-bond donors (Lipinski definition) is 1. The van der Waals surface area contributed by atoms with Crippen LogP contribution in [-0.4, -0.2) is 47.3 Å². The first-order chi connectivity index (χ1) is 14.3. The number of hydrogen-bond acceptors (Lipinski definition) is 7. The molecule has 7 heteroatoms. The average Bonchev–Trinajstić information content (AvgIpc) is 3.19. The molecule has 0 saturated carbocycles. The number of para-hydroxylation sites is 1. The van der Waals surface area contributed by atoms with Crippen LogP contribution in [0.1, 0.15) is 5.56 Å². The summed E-state index contributed by atoms with van der Waals surface area (Å²) in [7, 11) is 3.74. The first-order valence-electron chi connectivity index (χ1n) is 9.46. The van der Waals surface area contributed by atoms with Gasteiger partial charge in [0, 0.05) is 25.2 Å². The second-order valence-electron chi connectivity index (χ2n) is 6.78. The fraction of sp³-hybridized carbons (Fsp3) is 0.227. The lowest BCUT2D eigenvalue weighted by Gasteiger charge is -2.17. The van der Waals surface area contributed by atoms with Gasteiger partial charge in [0.2, 0.25) is 0 Å². The third-order valence-corrected chi connectivity index (χ3v) is 4.72. The van der Waals surface area contributed by atoms with E-state index in [1.54, 1.807) is 7.11 Å². The molecule has 0 atom stereocenters. The molecule has 0 aliphatic rings. The minimum absolute atomic E-state index is 0.445. The summed E-state index contributed by atoms with van der Waals surface area (Å²) in [6, 6.07) is 18.1. The van der Waals surface area contributed by atoms with E-state index in [1.165, 1.54) is 11.9 Å². The van der Waals surface area contributed by atoms with Gasteiger partial charge in [-0.25, -0.2) is 4.98 Å². The lowest BCUT2D eigenvalue weighted by Crippen LogP contribution is -2.25. The van der Waals surface area contributed by atoms with Crippen molar-refractivity contribution in [1.82, 2.24) is 20.0 Å². The molecule has 1 N–H and O–H groups in total. The van der Waals surface area contributed by atoms with Gasteiger partial charge in [0.25, 0.3) is 5.71 Å². The summed E-state index contributed by atoms with van der Waals surface area (Å²) >= 11 is 0. The molecule has 4 aromatic rings. The third kappa shape index (κ3) is 4.20. The van der Waals surface area contributed by atoms with E-state index in [-0.39, 0.29) is 0 Å². The Morgan fingerprint density at radius 1 is 1.03 bits per heavy atom. The molecule has 148 valence electrons. The Balaban J connectivity index is 1.51. The van der Waals surface area contributed by atoms with Gasteiger partial charge in [-0.15, -0.1) is 0 Å². The molecule has 29 heavy (non-hydrogen) atoms. The molecule has 0 fully saturated rings. The Hall–Kier alpha value is -3.45. The monoisotopic (exact) mass is 389 g/mol. The summed E-state index contributed by atoms with van der Waals surface area (Å²) in [5.74, 6) is 1.42. The van der Waals surface area contributed by atoms with Crippen LogP contribution in [0, 0.1) is 0 Å². The van der Waals surface area contributed by atoms with Crippen molar-refractivity contribution in [3.8, 4) is 17.0 Å². The van der Waals surface area contributed by atoms with Gasteiger partial charge in [0.05, 0.1) is 7.11 Å². The zero-order valence-electron chi connectivity index (χ0n) is 16.5. The average molecular weight is 389 g/mol. The van der Waals surface area contributed by atoms with Crippen LogP contribution in [0.2, 0.25) is 0 Å². The molecule has 2 aromatic heterocycles. The first-order valence-corrected chi connectivity index (χ1v) is 9.46. The minimum Gasteiger partial charge on any atom is -0.496 e. The molecule has 2 aromatic carbocycles. The predicted molar refractivity (Wildman–Crippen MR) is 113 cm³/mol. The van der Waals surface area contributed by atoms with E-state index in [9.17, 15) is 0 Å². The van der Waals surface area contributed by atoms with Crippen molar-refractivity contribution in [2.24, 2.45) is 0 Å². The molecule has 0 aliphatic carbocycles. The number of rotatable bonds is 8. The van der Waals surface area contributed by atoms with Gasteiger partial charge in [0.15, 0.2) is 0 Å². The highest BCUT2D eigenvalue weighted by Gasteiger charge is 2.19. The molecular weight excluding hydrogens is 366 g/mol. The highest BCUT2D eigenvalue weighted by Crippen LogP contribution is 2.36. The van der Waals surface area contributed by atoms with E-state index in [0.717, 1.165) is 36.3 Å². The number of benzene rings is 2. The van der Waals surface area contributed by atoms with Crippen LogP contribution in [-0.2, 0) is 6.54 Å². The van der Waals surface area contributed by atoms with Crippen molar-refractivity contribution in [2.75, 3.05) is 32.6 Å². The normalized spacial score (nSPS) is 11.1. The molecule has 0 radical (unpaired) electrons. The lowest BCUT2D eigenvalue weighted by atomic mass is 10.1. The van der Waals surface area contributed by atoms with E-state index in [4.69, 9.17) is 9.26 Å². The maximum atomic E-state index is 5.48. The van der Waals surface area contributed by atoms with Gasteiger partial charge >= 0.3 is 0 Å². The van der Waals surface area contributed by atoms with Crippen LogP contribution >= 0.6 is 0 Å². The molecule has 0 spiro atoms.